The normalized spacial score (nSPS) is 19.6. The highest BCUT2D eigenvalue weighted by Gasteiger charge is 2.06. The summed E-state index contributed by atoms with van der Waals surface area (Å²) in [6, 6.07) is 0. The van der Waals surface area contributed by atoms with Crippen molar-refractivity contribution in [2.45, 2.75) is 19.8 Å². The lowest BCUT2D eigenvalue weighted by Crippen LogP contribution is -2.01. The summed E-state index contributed by atoms with van der Waals surface area (Å²) in [5, 5.41) is 0. The molecule has 0 fully saturated rings. The molecule has 11 heavy (non-hydrogen) atoms. The topological polar surface area (TPSA) is 0 Å². The molecule has 0 aromatic carbocycles. The summed E-state index contributed by atoms with van der Waals surface area (Å²) in [5.74, 6) is 1.98. The Labute approximate surface area is 73.8 Å². The Balaban J connectivity index is 2.45. The van der Waals surface area contributed by atoms with Crippen molar-refractivity contribution in [2.24, 2.45) is 5.92 Å². The third kappa shape index (κ3) is 2.74. The molecule has 0 bridgehead atoms. The molecule has 0 radical (unpaired) electrons. The molecule has 0 saturated heterocycles. The first-order chi connectivity index (χ1) is 5.34. The third-order valence-electron chi connectivity index (χ3n) is 2.01. The van der Waals surface area contributed by atoms with Gasteiger partial charge in [0.05, 0.1) is 0 Å². The maximum absolute atomic E-state index is 2.38. The van der Waals surface area contributed by atoms with Crippen LogP contribution in [0.25, 0.3) is 0 Å². The fraction of sp³-hybridized carbons (Fsp3) is 0.600. The molecular formula is C10H16S. The quantitative estimate of drug-likeness (QED) is 0.623. The van der Waals surface area contributed by atoms with E-state index in [0.29, 0.717) is 0 Å². The van der Waals surface area contributed by atoms with Crippen molar-refractivity contribution < 1.29 is 0 Å². The highest BCUT2D eigenvalue weighted by atomic mass is 32.2. The lowest BCUT2D eigenvalue weighted by Gasteiger charge is -2.13. The summed E-state index contributed by atoms with van der Waals surface area (Å²) in [4.78, 5) is 0. The lowest BCUT2D eigenvalue weighted by atomic mass is 9.97. The maximum Gasteiger partial charge on any atom is -0.000408 e. The molecule has 62 valence electrons. The van der Waals surface area contributed by atoms with Gasteiger partial charge in [0.1, 0.15) is 0 Å². The summed E-state index contributed by atoms with van der Waals surface area (Å²) >= 11 is 1.93. The van der Waals surface area contributed by atoms with Crippen LogP contribution in [-0.2, 0) is 0 Å². The van der Waals surface area contributed by atoms with E-state index in [1.807, 2.05) is 11.8 Å². The van der Waals surface area contributed by atoms with E-state index < -0.39 is 0 Å². The van der Waals surface area contributed by atoms with Gasteiger partial charge in [-0.1, -0.05) is 25.2 Å². The predicted molar refractivity (Wildman–Crippen MR) is 54.0 cm³/mol. The van der Waals surface area contributed by atoms with Crippen molar-refractivity contribution in [3.63, 3.8) is 0 Å². The minimum atomic E-state index is 0.738. The van der Waals surface area contributed by atoms with E-state index in [0.717, 1.165) is 5.92 Å². The van der Waals surface area contributed by atoms with Crippen LogP contribution in [-0.4, -0.2) is 12.0 Å². The van der Waals surface area contributed by atoms with E-state index >= 15 is 0 Å². The first kappa shape index (κ1) is 8.92. The molecule has 1 aliphatic carbocycles. The molecule has 0 aliphatic heterocycles. The van der Waals surface area contributed by atoms with Gasteiger partial charge in [0.25, 0.3) is 0 Å². The molecule has 0 heterocycles. The Kier molecular flexibility index (Phi) is 3.78. The van der Waals surface area contributed by atoms with Crippen molar-refractivity contribution in [2.75, 3.05) is 12.0 Å². The van der Waals surface area contributed by atoms with E-state index in [4.69, 9.17) is 0 Å². The third-order valence-corrected chi connectivity index (χ3v) is 2.84. The first-order valence-corrected chi connectivity index (χ1v) is 5.59. The van der Waals surface area contributed by atoms with E-state index in [2.05, 4.69) is 31.4 Å². The Morgan fingerprint density at radius 2 is 2.36 bits per heavy atom. The van der Waals surface area contributed by atoms with Gasteiger partial charge in [-0.15, -0.1) is 0 Å². The second-order valence-corrected chi connectivity index (χ2v) is 3.95. The van der Waals surface area contributed by atoms with Gasteiger partial charge in [-0.2, -0.15) is 11.8 Å². The molecule has 0 N–H and O–H groups in total. The van der Waals surface area contributed by atoms with Gasteiger partial charge in [-0.3, -0.25) is 0 Å². The van der Waals surface area contributed by atoms with Crippen LogP contribution in [0.3, 0.4) is 0 Å². The molecule has 0 saturated carbocycles. The van der Waals surface area contributed by atoms with Crippen molar-refractivity contribution in [1.82, 2.24) is 0 Å². The molecule has 0 nitrogen and oxygen atoms in total. The van der Waals surface area contributed by atoms with Crippen molar-refractivity contribution in [3.05, 3.63) is 23.8 Å². The summed E-state index contributed by atoms with van der Waals surface area (Å²) < 4.78 is 0. The zero-order valence-corrected chi connectivity index (χ0v) is 8.16. The monoisotopic (exact) mass is 168 g/mol. The van der Waals surface area contributed by atoms with Crippen LogP contribution < -0.4 is 0 Å². The van der Waals surface area contributed by atoms with Crippen molar-refractivity contribution >= 4 is 11.8 Å². The maximum atomic E-state index is 2.38. The van der Waals surface area contributed by atoms with Gasteiger partial charge in [0.15, 0.2) is 0 Å². The standard InChI is InChI=1S/C10H16S/c1-9(8-11-2)10-6-4-3-5-7-10/h4,6-7,9H,3,5,8H2,1-2H3. The Hall–Kier alpha value is -0.170. The fourth-order valence-electron chi connectivity index (χ4n) is 1.35. The van der Waals surface area contributed by atoms with Crippen molar-refractivity contribution in [1.29, 1.82) is 0 Å². The fourth-order valence-corrected chi connectivity index (χ4v) is 2.04. The molecule has 0 aromatic rings. The predicted octanol–water partition coefficient (Wildman–Crippen LogP) is 3.26. The van der Waals surface area contributed by atoms with Gasteiger partial charge in [0.2, 0.25) is 0 Å². The van der Waals surface area contributed by atoms with Crippen LogP contribution in [0, 0.1) is 5.92 Å². The SMILES string of the molecule is CSCC(C)C1=CCCC=C1. The van der Waals surface area contributed by atoms with Gasteiger partial charge < -0.3 is 0 Å². The summed E-state index contributed by atoms with van der Waals surface area (Å²) in [5.41, 5.74) is 1.53. The highest BCUT2D eigenvalue weighted by Crippen LogP contribution is 2.20. The van der Waals surface area contributed by atoms with E-state index in [9.17, 15) is 0 Å². The molecule has 1 unspecified atom stereocenters. The minimum Gasteiger partial charge on any atom is -0.165 e. The van der Waals surface area contributed by atoms with Crippen LogP contribution in [0.1, 0.15) is 19.8 Å². The zero-order chi connectivity index (χ0) is 8.10. The van der Waals surface area contributed by atoms with Crippen LogP contribution >= 0.6 is 11.8 Å². The second kappa shape index (κ2) is 4.66. The second-order valence-electron chi connectivity index (χ2n) is 3.04. The Morgan fingerprint density at radius 1 is 1.55 bits per heavy atom. The zero-order valence-electron chi connectivity index (χ0n) is 7.34. The minimum absolute atomic E-state index is 0.738. The lowest BCUT2D eigenvalue weighted by molar-refractivity contribution is 0.787. The molecule has 0 amide bonds. The van der Waals surface area contributed by atoms with Crippen LogP contribution in [0.2, 0.25) is 0 Å². The van der Waals surface area contributed by atoms with Crippen LogP contribution in [0.5, 0.6) is 0 Å². The smallest absolute Gasteiger partial charge is 0.000408 e. The van der Waals surface area contributed by atoms with Gasteiger partial charge in [-0.05, 0) is 36.3 Å². The van der Waals surface area contributed by atoms with Crippen LogP contribution in [0.4, 0.5) is 0 Å². The summed E-state index contributed by atoms with van der Waals surface area (Å²) in [7, 11) is 0. The number of thioether (sulfide) groups is 1. The number of allylic oxidation sites excluding steroid dienone is 4. The number of hydrogen-bond acceptors (Lipinski definition) is 1. The summed E-state index contributed by atoms with van der Waals surface area (Å²) in [6.07, 6.45) is 11.6. The number of hydrogen-bond donors (Lipinski definition) is 0. The van der Waals surface area contributed by atoms with Gasteiger partial charge in [0, 0.05) is 0 Å². The van der Waals surface area contributed by atoms with Gasteiger partial charge in [-0.25, -0.2) is 0 Å². The largest absolute Gasteiger partial charge is 0.165 e. The molecule has 1 atom stereocenters. The number of rotatable bonds is 3. The molecule has 0 aromatic heterocycles. The summed E-state index contributed by atoms with van der Waals surface area (Å²) in [6.45, 7) is 2.30. The first-order valence-electron chi connectivity index (χ1n) is 4.20. The molecule has 1 heteroatoms. The average Bonchev–Trinajstić information content (AvgIpc) is 2.07. The molecular weight excluding hydrogens is 152 g/mol. The van der Waals surface area contributed by atoms with Gasteiger partial charge >= 0.3 is 0 Å². The van der Waals surface area contributed by atoms with Crippen molar-refractivity contribution in [3.8, 4) is 0 Å². The molecule has 1 aliphatic rings. The Bertz CT molecular complexity index is 168. The molecule has 0 spiro atoms. The molecule has 1 rings (SSSR count). The Morgan fingerprint density at radius 3 is 2.91 bits per heavy atom. The highest BCUT2D eigenvalue weighted by molar-refractivity contribution is 7.98. The van der Waals surface area contributed by atoms with E-state index in [-0.39, 0.29) is 0 Å². The average molecular weight is 168 g/mol. The van der Waals surface area contributed by atoms with E-state index in [1.54, 1.807) is 0 Å². The van der Waals surface area contributed by atoms with E-state index in [1.165, 1.54) is 24.2 Å². The van der Waals surface area contributed by atoms with Crippen LogP contribution in [0.15, 0.2) is 23.8 Å².